The summed E-state index contributed by atoms with van der Waals surface area (Å²) in [5.41, 5.74) is 0.954. The van der Waals surface area contributed by atoms with E-state index in [1.54, 1.807) is 28.6 Å². The third-order valence-electron chi connectivity index (χ3n) is 5.80. The van der Waals surface area contributed by atoms with Crippen molar-refractivity contribution < 1.29 is 17.5 Å². The second-order valence-corrected chi connectivity index (χ2v) is 9.23. The number of hydrogen-bond acceptors (Lipinski definition) is 5. The fraction of sp³-hybridized carbons (Fsp3) is 0.421. The number of anilines is 1. The molecule has 0 radical (unpaired) electrons. The van der Waals surface area contributed by atoms with Crippen LogP contribution in [0.5, 0.6) is 5.75 Å². The van der Waals surface area contributed by atoms with Gasteiger partial charge in [0.05, 0.1) is 17.7 Å². The third-order valence-corrected chi connectivity index (χ3v) is 7.72. The summed E-state index contributed by atoms with van der Waals surface area (Å²) >= 11 is 0. The molecule has 4 heterocycles. The molecule has 6 nitrogen and oxygen atoms in total. The van der Waals surface area contributed by atoms with Gasteiger partial charge in [-0.25, -0.2) is 17.8 Å². The zero-order valence-corrected chi connectivity index (χ0v) is 15.5. The lowest BCUT2D eigenvalue weighted by atomic mass is 10.1. The molecule has 0 N–H and O–H groups in total. The summed E-state index contributed by atoms with van der Waals surface area (Å²) in [4.78, 5) is 6.53. The fourth-order valence-electron chi connectivity index (χ4n) is 4.42. The second-order valence-electron chi connectivity index (χ2n) is 7.34. The second kappa shape index (κ2) is 6.17. The molecule has 27 heavy (non-hydrogen) atoms. The normalized spacial score (nSPS) is 24.7. The molecular formula is C19H20FN3O3S. The molecule has 2 unspecified atom stereocenters. The van der Waals surface area contributed by atoms with Crippen LogP contribution in [0, 0.1) is 11.7 Å². The lowest BCUT2D eigenvalue weighted by molar-refractivity contribution is 0.356. The molecule has 0 saturated carbocycles. The van der Waals surface area contributed by atoms with Gasteiger partial charge in [0.15, 0.2) is 0 Å². The Hall–Kier alpha value is -2.19. The van der Waals surface area contributed by atoms with E-state index in [1.165, 1.54) is 12.3 Å². The van der Waals surface area contributed by atoms with Gasteiger partial charge in [-0.1, -0.05) is 0 Å². The minimum atomic E-state index is -3.56. The summed E-state index contributed by atoms with van der Waals surface area (Å²) in [5, 5.41) is 0. The van der Waals surface area contributed by atoms with E-state index in [0.717, 1.165) is 30.7 Å². The average Bonchev–Trinajstić information content (AvgIpc) is 3.36. The Morgan fingerprint density at radius 3 is 2.89 bits per heavy atom. The number of benzene rings is 1. The van der Waals surface area contributed by atoms with Crippen LogP contribution in [0.2, 0.25) is 0 Å². The molecule has 1 aromatic carbocycles. The highest BCUT2D eigenvalue weighted by molar-refractivity contribution is 7.89. The van der Waals surface area contributed by atoms with Crippen LogP contribution in [-0.2, 0) is 16.4 Å². The number of sulfonamides is 1. The topological polar surface area (TPSA) is 62.7 Å². The molecule has 2 saturated heterocycles. The lowest BCUT2D eigenvalue weighted by Gasteiger charge is -2.25. The van der Waals surface area contributed by atoms with Crippen molar-refractivity contribution in [1.29, 1.82) is 0 Å². The van der Waals surface area contributed by atoms with Gasteiger partial charge >= 0.3 is 0 Å². The van der Waals surface area contributed by atoms with Crippen molar-refractivity contribution in [2.24, 2.45) is 5.92 Å². The Morgan fingerprint density at radius 1 is 1.19 bits per heavy atom. The summed E-state index contributed by atoms with van der Waals surface area (Å²) in [6.45, 7) is 2.47. The number of fused-ring (bicyclic) bond motifs is 2. The summed E-state index contributed by atoms with van der Waals surface area (Å²) in [6, 6.07) is 8.10. The molecule has 0 spiro atoms. The number of nitrogens with zero attached hydrogens (tertiary/aromatic N) is 3. The summed E-state index contributed by atoms with van der Waals surface area (Å²) in [7, 11) is -3.56. The third kappa shape index (κ3) is 2.78. The predicted octanol–water partition coefficient (Wildman–Crippen LogP) is 2.06. The van der Waals surface area contributed by atoms with Gasteiger partial charge in [-0.15, -0.1) is 0 Å². The molecule has 3 aliphatic rings. The van der Waals surface area contributed by atoms with Crippen LogP contribution in [-0.4, -0.2) is 50.0 Å². The Labute approximate surface area is 157 Å². The number of pyridine rings is 1. The molecule has 8 heteroatoms. The first-order valence-corrected chi connectivity index (χ1v) is 10.6. The van der Waals surface area contributed by atoms with E-state index >= 15 is 0 Å². The predicted molar refractivity (Wildman–Crippen MR) is 97.8 cm³/mol. The monoisotopic (exact) mass is 389 g/mol. The smallest absolute Gasteiger partial charge is 0.243 e. The number of rotatable bonds is 3. The first-order valence-electron chi connectivity index (χ1n) is 9.16. The van der Waals surface area contributed by atoms with E-state index in [0.29, 0.717) is 30.4 Å². The highest BCUT2D eigenvalue weighted by Crippen LogP contribution is 2.38. The maximum atomic E-state index is 13.3. The van der Waals surface area contributed by atoms with Gasteiger partial charge in [0.1, 0.15) is 17.4 Å². The van der Waals surface area contributed by atoms with Crippen LogP contribution in [0.1, 0.15) is 12.0 Å². The summed E-state index contributed by atoms with van der Waals surface area (Å²) in [5.74, 6) is 1.37. The quantitative estimate of drug-likeness (QED) is 0.804. The van der Waals surface area contributed by atoms with Gasteiger partial charge in [-0.3, -0.25) is 0 Å². The zero-order chi connectivity index (χ0) is 18.6. The number of hydrogen-bond donors (Lipinski definition) is 0. The van der Waals surface area contributed by atoms with E-state index in [9.17, 15) is 12.8 Å². The van der Waals surface area contributed by atoms with E-state index in [1.807, 2.05) is 4.90 Å². The molecular weight excluding hydrogens is 369 g/mol. The van der Waals surface area contributed by atoms with Crippen LogP contribution in [0.3, 0.4) is 0 Å². The molecule has 0 amide bonds. The Morgan fingerprint density at radius 2 is 2.07 bits per heavy atom. The maximum absolute atomic E-state index is 13.3. The van der Waals surface area contributed by atoms with Gasteiger partial charge in [-0.05, 0) is 48.2 Å². The highest BCUT2D eigenvalue weighted by Gasteiger charge is 2.47. The molecule has 142 valence electrons. The minimum absolute atomic E-state index is 0.0774. The van der Waals surface area contributed by atoms with E-state index < -0.39 is 10.0 Å². The first kappa shape index (κ1) is 16.9. The zero-order valence-electron chi connectivity index (χ0n) is 14.7. The van der Waals surface area contributed by atoms with E-state index in [4.69, 9.17) is 4.74 Å². The van der Waals surface area contributed by atoms with Crippen molar-refractivity contribution >= 4 is 15.8 Å². The van der Waals surface area contributed by atoms with Gasteiger partial charge in [-0.2, -0.15) is 4.31 Å². The van der Waals surface area contributed by atoms with Crippen LogP contribution in [0.25, 0.3) is 0 Å². The molecule has 2 aromatic rings. The Kier molecular flexibility index (Phi) is 3.87. The minimum Gasteiger partial charge on any atom is -0.493 e. The van der Waals surface area contributed by atoms with Crippen LogP contribution in [0.15, 0.2) is 41.4 Å². The molecule has 0 aliphatic carbocycles. The van der Waals surface area contributed by atoms with Gasteiger partial charge in [0, 0.05) is 32.1 Å². The largest absolute Gasteiger partial charge is 0.493 e. The first-order chi connectivity index (χ1) is 13.0. The van der Waals surface area contributed by atoms with Gasteiger partial charge in [0.2, 0.25) is 10.0 Å². The van der Waals surface area contributed by atoms with Crippen molar-refractivity contribution in [2.75, 3.05) is 31.1 Å². The molecule has 3 aliphatic heterocycles. The average molecular weight is 389 g/mol. The number of halogens is 1. The molecule has 0 bridgehead atoms. The van der Waals surface area contributed by atoms with Crippen LogP contribution < -0.4 is 9.64 Å². The van der Waals surface area contributed by atoms with E-state index in [2.05, 4.69) is 4.98 Å². The Balaban J connectivity index is 1.40. The van der Waals surface area contributed by atoms with Crippen molar-refractivity contribution in [1.82, 2.24) is 9.29 Å². The SMILES string of the molecule is O=S(=O)(c1ccc2c(c1)CCO2)N1CCC2CN(c3ccc(F)cn3)CC21. The van der Waals surface area contributed by atoms with Gasteiger partial charge in [0.25, 0.3) is 0 Å². The number of ether oxygens (including phenoxy) is 1. The lowest BCUT2D eigenvalue weighted by Crippen LogP contribution is -2.39. The van der Waals surface area contributed by atoms with Gasteiger partial charge < -0.3 is 9.64 Å². The molecule has 5 rings (SSSR count). The standard InChI is InChI=1S/C19H20FN3O3S/c20-15-1-4-19(21-10-15)22-11-14-5-7-23(17(14)12-22)27(24,25)16-2-3-18-13(9-16)6-8-26-18/h1-4,9-10,14,17H,5-8,11-12H2. The molecule has 2 atom stereocenters. The Bertz CT molecular complexity index is 980. The fourth-order valence-corrected chi connectivity index (χ4v) is 6.17. The maximum Gasteiger partial charge on any atom is 0.243 e. The van der Waals surface area contributed by atoms with Crippen molar-refractivity contribution in [3.05, 3.63) is 47.9 Å². The van der Waals surface area contributed by atoms with Crippen molar-refractivity contribution in [3.63, 3.8) is 0 Å². The highest BCUT2D eigenvalue weighted by atomic mass is 32.2. The van der Waals surface area contributed by atoms with E-state index in [-0.39, 0.29) is 17.8 Å². The van der Waals surface area contributed by atoms with Crippen molar-refractivity contribution in [3.8, 4) is 5.75 Å². The molecule has 2 fully saturated rings. The summed E-state index contributed by atoms with van der Waals surface area (Å²) in [6.07, 6.45) is 2.77. The van der Waals surface area contributed by atoms with Crippen molar-refractivity contribution in [2.45, 2.75) is 23.8 Å². The summed E-state index contributed by atoms with van der Waals surface area (Å²) < 4.78 is 46.8. The molecule has 1 aromatic heterocycles. The number of aromatic nitrogens is 1. The van der Waals surface area contributed by atoms with Crippen LogP contribution in [0.4, 0.5) is 10.2 Å². The van der Waals surface area contributed by atoms with Crippen LogP contribution >= 0.6 is 0 Å².